The second-order valence-corrected chi connectivity index (χ2v) is 5.11. The Labute approximate surface area is 116 Å². The van der Waals surface area contributed by atoms with Crippen LogP contribution >= 0.6 is 11.6 Å². The molecule has 1 saturated carbocycles. The van der Waals surface area contributed by atoms with Gasteiger partial charge in [-0.05, 0) is 18.9 Å². The molecule has 0 unspecified atom stereocenters. The van der Waals surface area contributed by atoms with Crippen LogP contribution in [0, 0.1) is 0 Å². The molecule has 100 valence electrons. The van der Waals surface area contributed by atoms with Crippen LogP contribution in [0.3, 0.4) is 0 Å². The topological polar surface area (TPSA) is 57.4 Å². The number of ether oxygens (including phenoxy) is 2. The van der Waals surface area contributed by atoms with Crippen molar-refractivity contribution in [1.29, 1.82) is 0 Å². The van der Waals surface area contributed by atoms with Gasteiger partial charge in [0.05, 0.1) is 19.2 Å². The number of nitrogens with zero attached hydrogens (tertiary/aromatic N) is 1. The Morgan fingerprint density at radius 2 is 1.89 bits per heavy atom. The summed E-state index contributed by atoms with van der Waals surface area (Å²) < 4.78 is 10.6. The lowest BCUT2D eigenvalue weighted by Crippen LogP contribution is -1.99. The molecule has 1 heterocycles. The lowest BCUT2D eigenvalue weighted by atomic mass is 10.1. The molecule has 3 rings (SSSR count). The van der Waals surface area contributed by atoms with Crippen LogP contribution < -0.4 is 15.2 Å². The number of rotatable bonds is 3. The predicted molar refractivity (Wildman–Crippen MR) is 76.2 cm³/mol. The minimum atomic E-state index is 0.477. The molecule has 1 aromatic carbocycles. The largest absolute Gasteiger partial charge is 0.495 e. The molecule has 0 amide bonds. The van der Waals surface area contributed by atoms with E-state index in [0.717, 1.165) is 5.69 Å². The maximum Gasteiger partial charge on any atom is 0.148 e. The molecule has 4 nitrogen and oxygen atoms in total. The lowest BCUT2D eigenvalue weighted by molar-refractivity contribution is 0.397. The molecule has 0 bridgehead atoms. The Bertz CT molecular complexity index is 654. The van der Waals surface area contributed by atoms with Gasteiger partial charge in [-0.25, -0.2) is 4.98 Å². The SMILES string of the molecule is COc1cc(OC)c2nc(C3CC3)cc(N)c2c1Cl. The number of pyridine rings is 1. The van der Waals surface area contributed by atoms with Crippen LogP contribution in [0.2, 0.25) is 5.02 Å². The van der Waals surface area contributed by atoms with E-state index in [1.807, 2.05) is 6.07 Å². The number of halogens is 1. The fraction of sp³-hybridized carbons (Fsp3) is 0.357. The summed E-state index contributed by atoms with van der Waals surface area (Å²) in [6.45, 7) is 0. The van der Waals surface area contributed by atoms with Crippen molar-refractivity contribution in [3.8, 4) is 11.5 Å². The first-order chi connectivity index (χ1) is 9.15. The van der Waals surface area contributed by atoms with Crippen LogP contribution in [0.5, 0.6) is 11.5 Å². The van der Waals surface area contributed by atoms with Gasteiger partial charge in [-0.3, -0.25) is 0 Å². The molecule has 1 aromatic heterocycles. The molecule has 2 N–H and O–H groups in total. The minimum Gasteiger partial charge on any atom is -0.495 e. The number of fused-ring (bicyclic) bond motifs is 1. The molecule has 19 heavy (non-hydrogen) atoms. The smallest absolute Gasteiger partial charge is 0.148 e. The minimum absolute atomic E-state index is 0.477. The van der Waals surface area contributed by atoms with Crippen LogP contribution in [-0.2, 0) is 0 Å². The summed E-state index contributed by atoms with van der Waals surface area (Å²) in [6.07, 6.45) is 2.34. The van der Waals surface area contributed by atoms with Crippen molar-refractivity contribution in [3.63, 3.8) is 0 Å². The number of anilines is 1. The van der Waals surface area contributed by atoms with E-state index in [9.17, 15) is 0 Å². The summed E-state index contributed by atoms with van der Waals surface area (Å²) in [5, 5.41) is 1.17. The van der Waals surface area contributed by atoms with Crippen LogP contribution in [0.25, 0.3) is 10.9 Å². The zero-order valence-electron chi connectivity index (χ0n) is 10.9. The highest BCUT2D eigenvalue weighted by molar-refractivity contribution is 6.38. The van der Waals surface area contributed by atoms with E-state index in [2.05, 4.69) is 4.98 Å². The van der Waals surface area contributed by atoms with Crippen LogP contribution in [-0.4, -0.2) is 19.2 Å². The quantitative estimate of drug-likeness (QED) is 0.935. The van der Waals surface area contributed by atoms with E-state index in [1.54, 1.807) is 20.3 Å². The maximum atomic E-state index is 6.32. The highest BCUT2D eigenvalue weighted by atomic mass is 35.5. The second-order valence-electron chi connectivity index (χ2n) is 4.73. The summed E-state index contributed by atoms with van der Waals surface area (Å²) in [7, 11) is 3.17. The van der Waals surface area contributed by atoms with E-state index in [-0.39, 0.29) is 0 Å². The third-order valence-electron chi connectivity index (χ3n) is 3.44. The molecular formula is C14H15ClN2O2. The first kappa shape index (κ1) is 12.4. The van der Waals surface area contributed by atoms with Gasteiger partial charge in [0.1, 0.15) is 17.0 Å². The summed E-state index contributed by atoms with van der Waals surface area (Å²) in [5.41, 5.74) is 8.48. The molecule has 5 heteroatoms. The molecule has 2 aromatic rings. The van der Waals surface area contributed by atoms with Gasteiger partial charge in [0.25, 0.3) is 0 Å². The zero-order valence-corrected chi connectivity index (χ0v) is 11.6. The van der Waals surface area contributed by atoms with Gasteiger partial charge in [0.2, 0.25) is 0 Å². The van der Waals surface area contributed by atoms with Gasteiger partial charge in [-0.1, -0.05) is 11.6 Å². The van der Waals surface area contributed by atoms with Crippen molar-refractivity contribution in [2.24, 2.45) is 0 Å². The summed E-state index contributed by atoms with van der Waals surface area (Å²) in [5.74, 6) is 1.70. The third-order valence-corrected chi connectivity index (χ3v) is 3.81. The van der Waals surface area contributed by atoms with Crippen molar-refractivity contribution in [1.82, 2.24) is 4.98 Å². The number of hydrogen-bond acceptors (Lipinski definition) is 4. The molecule has 1 fully saturated rings. The molecule has 0 radical (unpaired) electrons. The van der Waals surface area contributed by atoms with Crippen molar-refractivity contribution >= 4 is 28.2 Å². The van der Waals surface area contributed by atoms with Gasteiger partial charge >= 0.3 is 0 Å². The summed E-state index contributed by atoms with van der Waals surface area (Å²) in [4.78, 5) is 4.66. The van der Waals surface area contributed by atoms with E-state index in [1.165, 1.54) is 12.8 Å². The maximum absolute atomic E-state index is 6.32. The van der Waals surface area contributed by atoms with E-state index >= 15 is 0 Å². The molecule has 0 saturated heterocycles. The Hall–Kier alpha value is -1.68. The molecule has 1 aliphatic carbocycles. The number of aromatic nitrogens is 1. The average molecular weight is 279 g/mol. The Balaban J connectivity index is 2.34. The van der Waals surface area contributed by atoms with E-state index in [4.69, 9.17) is 26.8 Å². The highest BCUT2D eigenvalue weighted by Crippen LogP contribution is 2.45. The third kappa shape index (κ3) is 1.96. The van der Waals surface area contributed by atoms with Gasteiger partial charge in [0.15, 0.2) is 0 Å². The predicted octanol–water partition coefficient (Wildman–Crippen LogP) is 3.37. The van der Waals surface area contributed by atoms with Crippen LogP contribution in [0.4, 0.5) is 5.69 Å². The van der Waals surface area contributed by atoms with E-state index < -0.39 is 0 Å². The standard InChI is InChI=1S/C14H15ClN2O2/c1-18-10-6-11(19-2)14-12(13(10)15)8(16)5-9(17-14)7-3-4-7/h5-7H,3-4H2,1-2H3,(H2,16,17). The number of benzene rings is 1. The van der Waals surface area contributed by atoms with Gasteiger partial charge in [-0.2, -0.15) is 0 Å². The monoisotopic (exact) mass is 278 g/mol. The first-order valence-electron chi connectivity index (χ1n) is 6.16. The van der Waals surface area contributed by atoms with Crippen molar-refractivity contribution in [3.05, 3.63) is 22.8 Å². The zero-order chi connectivity index (χ0) is 13.6. The number of nitrogen functional groups attached to an aromatic ring is 1. The number of hydrogen-bond donors (Lipinski definition) is 1. The second kappa shape index (κ2) is 4.46. The van der Waals surface area contributed by atoms with Crippen molar-refractivity contribution < 1.29 is 9.47 Å². The molecule has 0 aliphatic heterocycles. The fourth-order valence-corrected chi connectivity index (χ4v) is 2.59. The summed E-state index contributed by atoms with van der Waals surface area (Å²) >= 11 is 6.32. The molecular weight excluding hydrogens is 264 g/mol. The average Bonchev–Trinajstić information content (AvgIpc) is 3.23. The normalized spacial score (nSPS) is 14.7. The van der Waals surface area contributed by atoms with Gasteiger partial charge in [-0.15, -0.1) is 0 Å². The Morgan fingerprint density at radius 3 is 2.47 bits per heavy atom. The molecule has 0 atom stereocenters. The number of methoxy groups -OCH3 is 2. The summed E-state index contributed by atoms with van der Waals surface area (Å²) in [6, 6.07) is 3.65. The molecule has 1 aliphatic rings. The van der Waals surface area contributed by atoms with Crippen LogP contribution in [0.1, 0.15) is 24.5 Å². The Kier molecular flexibility index (Phi) is 2.90. The van der Waals surface area contributed by atoms with Crippen LogP contribution in [0.15, 0.2) is 12.1 Å². The van der Waals surface area contributed by atoms with E-state index in [0.29, 0.717) is 39.0 Å². The highest BCUT2D eigenvalue weighted by Gasteiger charge is 2.27. The fourth-order valence-electron chi connectivity index (χ4n) is 2.26. The van der Waals surface area contributed by atoms with Gasteiger partial charge < -0.3 is 15.2 Å². The lowest BCUT2D eigenvalue weighted by Gasteiger charge is -2.13. The number of nitrogens with two attached hydrogens (primary N) is 1. The Morgan fingerprint density at radius 1 is 1.21 bits per heavy atom. The molecule has 0 spiro atoms. The van der Waals surface area contributed by atoms with Gasteiger partial charge in [0, 0.05) is 28.8 Å². The van der Waals surface area contributed by atoms with Crippen molar-refractivity contribution in [2.45, 2.75) is 18.8 Å². The van der Waals surface area contributed by atoms with Crippen molar-refractivity contribution in [2.75, 3.05) is 20.0 Å². The first-order valence-corrected chi connectivity index (χ1v) is 6.54.